The van der Waals surface area contributed by atoms with Crippen molar-refractivity contribution >= 4 is 8.07 Å². The van der Waals surface area contributed by atoms with Crippen LogP contribution in [0.3, 0.4) is 0 Å². The third-order valence-corrected chi connectivity index (χ3v) is 14.8. The molecule has 0 nitrogen and oxygen atoms in total. The second-order valence-electron chi connectivity index (χ2n) is 10.9. The molecule has 3 aromatic rings. The minimum Gasteiger partial charge on any atom is -0.125 e. The summed E-state index contributed by atoms with van der Waals surface area (Å²) in [6.45, 7) is 14.3. The Morgan fingerprint density at radius 2 is 1.00 bits per heavy atom. The van der Waals surface area contributed by atoms with Crippen LogP contribution in [-0.2, 0) is 0 Å². The molecule has 0 aromatic heterocycles. The first-order chi connectivity index (χ1) is 16.3. The van der Waals surface area contributed by atoms with Gasteiger partial charge in [-0.05, 0) is 62.1 Å². The summed E-state index contributed by atoms with van der Waals surface area (Å²) in [6, 6.07) is 22.2. The van der Waals surface area contributed by atoms with Gasteiger partial charge in [0.25, 0.3) is 0 Å². The van der Waals surface area contributed by atoms with E-state index in [0.717, 1.165) is 5.56 Å². The van der Waals surface area contributed by atoms with E-state index in [2.05, 4.69) is 120 Å². The normalized spacial score (nSPS) is 17.6. The van der Waals surface area contributed by atoms with Gasteiger partial charge in [-0.2, -0.15) is 0 Å². The molecule has 0 N–H and O–H groups in total. The molecule has 0 saturated carbocycles. The van der Waals surface area contributed by atoms with Crippen LogP contribution < -0.4 is 0 Å². The van der Waals surface area contributed by atoms with Crippen LogP contribution in [0.5, 0.6) is 0 Å². The number of rotatable bonds is 3. The molecule has 170 valence electrons. The Labute approximate surface area is 206 Å². The van der Waals surface area contributed by atoms with Crippen LogP contribution in [0, 0.1) is 23.8 Å². The zero-order valence-corrected chi connectivity index (χ0v) is 22.2. The molecule has 0 heterocycles. The van der Waals surface area contributed by atoms with Gasteiger partial charge in [0, 0.05) is 23.0 Å². The molecule has 0 saturated heterocycles. The molecular weight excluding hydrogens is 424 g/mol. The van der Waals surface area contributed by atoms with Gasteiger partial charge in [0.1, 0.15) is 8.07 Å². The minimum absolute atomic E-state index is 0.183. The zero-order chi connectivity index (χ0) is 24.2. The van der Waals surface area contributed by atoms with Crippen LogP contribution in [-0.4, -0.2) is 8.07 Å². The van der Waals surface area contributed by atoms with Crippen LogP contribution in [0.25, 0.3) is 0 Å². The lowest BCUT2D eigenvalue weighted by Gasteiger charge is -2.43. The van der Waals surface area contributed by atoms with Gasteiger partial charge in [0.2, 0.25) is 0 Å². The molecule has 2 bridgehead atoms. The summed E-state index contributed by atoms with van der Waals surface area (Å²) in [6.07, 6.45) is 6.08. The van der Waals surface area contributed by atoms with E-state index in [0.29, 0.717) is 16.6 Å². The lowest BCUT2D eigenvalue weighted by Crippen LogP contribution is -2.43. The fourth-order valence-electron chi connectivity index (χ4n) is 7.13. The third kappa shape index (κ3) is 3.07. The van der Waals surface area contributed by atoms with Crippen molar-refractivity contribution in [1.29, 1.82) is 0 Å². The van der Waals surface area contributed by atoms with Crippen LogP contribution in [0.1, 0.15) is 97.9 Å². The fourth-order valence-corrected chi connectivity index (χ4v) is 12.3. The quantitative estimate of drug-likeness (QED) is 0.189. The Hall–Kier alpha value is -3.00. The number of terminal acetylenes is 1. The number of hydrogen-bond donors (Lipinski definition) is 0. The van der Waals surface area contributed by atoms with Crippen LogP contribution in [0.2, 0.25) is 16.6 Å². The molecule has 1 heteroatoms. The Morgan fingerprint density at radius 1 is 0.618 bits per heavy atom. The molecule has 3 aliphatic rings. The van der Waals surface area contributed by atoms with E-state index in [4.69, 9.17) is 6.42 Å². The first kappa shape index (κ1) is 22.8. The van der Waals surface area contributed by atoms with Crippen molar-refractivity contribution in [1.82, 2.24) is 0 Å². The second-order valence-corrected chi connectivity index (χ2v) is 16.5. The van der Waals surface area contributed by atoms with Gasteiger partial charge >= 0.3 is 0 Å². The van der Waals surface area contributed by atoms with E-state index in [1.807, 2.05) is 0 Å². The molecule has 6 rings (SSSR count). The highest BCUT2D eigenvalue weighted by atomic mass is 28.3. The molecule has 3 aromatic carbocycles. The predicted octanol–water partition coefficient (Wildman–Crippen LogP) is 8.22. The van der Waals surface area contributed by atoms with Gasteiger partial charge in [-0.15, -0.1) is 12.0 Å². The zero-order valence-electron chi connectivity index (χ0n) is 21.2. The maximum absolute atomic E-state index is 6.08. The van der Waals surface area contributed by atoms with Crippen LogP contribution in [0.15, 0.2) is 60.7 Å². The monoisotopic (exact) mass is 458 g/mol. The Balaban J connectivity index is 1.80. The Morgan fingerprint density at radius 3 is 1.38 bits per heavy atom. The lowest BCUT2D eigenvalue weighted by atomic mass is 9.59. The predicted molar refractivity (Wildman–Crippen MR) is 147 cm³/mol. The van der Waals surface area contributed by atoms with Gasteiger partial charge in [-0.25, -0.2) is 0 Å². The molecule has 3 aliphatic carbocycles. The van der Waals surface area contributed by atoms with E-state index in [-0.39, 0.29) is 11.8 Å². The van der Waals surface area contributed by atoms with Crippen molar-refractivity contribution in [2.75, 3.05) is 0 Å². The lowest BCUT2D eigenvalue weighted by molar-refractivity contribution is 0.750. The van der Waals surface area contributed by atoms with E-state index in [1.54, 1.807) is 0 Å². The standard InChI is InChI=1S/C33H34Si/c1-8-24-17-18-25(19-20-34(21(2)3,22(4)5)23(6)7)31-30(24)32-26-13-9-11-15-28(26)33(31)29-16-12-10-14-27(29)32/h1,9-18,21-23,32-33H,2-7H3. The van der Waals surface area contributed by atoms with Gasteiger partial charge in [0.15, 0.2) is 0 Å². The summed E-state index contributed by atoms with van der Waals surface area (Å²) in [5.41, 5.74) is 16.3. The van der Waals surface area contributed by atoms with E-state index in [9.17, 15) is 0 Å². The summed E-state index contributed by atoms with van der Waals surface area (Å²) < 4.78 is 0. The summed E-state index contributed by atoms with van der Waals surface area (Å²) in [7, 11) is -1.84. The molecule has 0 radical (unpaired) electrons. The molecule has 0 amide bonds. The second kappa shape index (κ2) is 8.34. The van der Waals surface area contributed by atoms with Crippen molar-refractivity contribution in [3.63, 3.8) is 0 Å². The summed E-state index contributed by atoms with van der Waals surface area (Å²) in [4.78, 5) is 0. The highest BCUT2D eigenvalue weighted by molar-refractivity contribution is 6.90. The van der Waals surface area contributed by atoms with E-state index in [1.165, 1.54) is 38.9 Å². The topological polar surface area (TPSA) is 0 Å². The number of benzene rings is 3. The maximum Gasteiger partial charge on any atom is 0.146 e. The van der Waals surface area contributed by atoms with Gasteiger partial charge in [-0.1, -0.05) is 102 Å². The molecule has 0 aliphatic heterocycles. The summed E-state index contributed by atoms with van der Waals surface area (Å²) in [5.74, 6) is 7.19. The smallest absolute Gasteiger partial charge is 0.125 e. The molecule has 0 atom stereocenters. The van der Waals surface area contributed by atoms with E-state index >= 15 is 0 Å². The first-order valence-corrected chi connectivity index (χ1v) is 14.9. The van der Waals surface area contributed by atoms with Gasteiger partial charge < -0.3 is 0 Å². The molecular formula is C33H34Si. The SMILES string of the molecule is C#Cc1ccc(C#C[Si](C(C)C)(C(C)C)C(C)C)c2c1C1c3ccccc3C2c2ccccc21. The minimum atomic E-state index is -1.84. The van der Waals surface area contributed by atoms with Gasteiger partial charge in [0.05, 0.1) is 0 Å². The molecule has 0 spiro atoms. The maximum atomic E-state index is 6.08. The largest absolute Gasteiger partial charge is 0.146 e. The Bertz CT molecular complexity index is 1300. The third-order valence-electron chi connectivity index (χ3n) is 8.54. The first-order valence-electron chi connectivity index (χ1n) is 12.7. The summed E-state index contributed by atoms with van der Waals surface area (Å²) >= 11 is 0. The number of hydrogen-bond acceptors (Lipinski definition) is 0. The van der Waals surface area contributed by atoms with Crippen molar-refractivity contribution in [3.05, 3.63) is 105 Å². The van der Waals surface area contributed by atoms with Crippen molar-refractivity contribution in [2.45, 2.75) is 70.0 Å². The fraction of sp³-hybridized carbons (Fsp3) is 0.333. The van der Waals surface area contributed by atoms with Crippen molar-refractivity contribution in [3.8, 4) is 23.8 Å². The molecule has 34 heavy (non-hydrogen) atoms. The average Bonchev–Trinajstić information content (AvgIpc) is 2.83. The molecule has 0 fully saturated rings. The van der Waals surface area contributed by atoms with Crippen LogP contribution in [0.4, 0.5) is 0 Å². The Kier molecular flexibility index (Phi) is 5.59. The average molecular weight is 459 g/mol. The highest BCUT2D eigenvalue weighted by Crippen LogP contribution is 2.57. The van der Waals surface area contributed by atoms with Crippen LogP contribution >= 0.6 is 0 Å². The van der Waals surface area contributed by atoms with E-state index < -0.39 is 8.07 Å². The molecule has 0 unspecified atom stereocenters. The van der Waals surface area contributed by atoms with Gasteiger partial charge in [-0.3, -0.25) is 0 Å². The van der Waals surface area contributed by atoms with Crippen molar-refractivity contribution < 1.29 is 0 Å². The summed E-state index contributed by atoms with van der Waals surface area (Å²) in [5, 5.41) is 0. The highest BCUT2D eigenvalue weighted by Gasteiger charge is 2.44. The van der Waals surface area contributed by atoms with Crippen molar-refractivity contribution in [2.24, 2.45) is 0 Å².